The van der Waals surface area contributed by atoms with Gasteiger partial charge in [-0.05, 0) is 66.2 Å². The van der Waals surface area contributed by atoms with Gasteiger partial charge in [0.1, 0.15) is 0 Å². The summed E-state index contributed by atoms with van der Waals surface area (Å²) in [5, 5.41) is 11.9. The minimum absolute atomic E-state index is 0.261. The van der Waals surface area contributed by atoms with Crippen LogP contribution in [0, 0.1) is 5.41 Å². The predicted molar refractivity (Wildman–Crippen MR) is 94.7 cm³/mol. The summed E-state index contributed by atoms with van der Waals surface area (Å²) in [5.41, 5.74) is 1.63. The molecule has 128 valence electrons. The molecule has 1 spiro atoms. The lowest BCUT2D eigenvalue weighted by Crippen LogP contribution is -2.39. The molecule has 1 saturated heterocycles. The van der Waals surface area contributed by atoms with E-state index in [1.165, 1.54) is 24.8 Å². The summed E-state index contributed by atoms with van der Waals surface area (Å²) in [6.45, 7) is 3.59. The van der Waals surface area contributed by atoms with Crippen molar-refractivity contribution >= 4 is 17.2 Å². The molecule has 1 N–H and O–H groups in total. The van der Waals surface area contributed by atoms with Gasteiger partial charge in [0.25, 0.3) is 0 Å². The van der Waals surface area contributed by atoms with Crippen LogP contribution in [0.2, 0.25) is 0 Å². The van der Waals surface area contributed by atoms with Crippen LogP contribution in [0.3, 0.4) is 0 Å². The highest BCUT2D eigenvalue weighted by molar-refractivity contribution is 7.07. The molecule has 0 bridgehead atoms. The third kappa shape index (κ3) is 3.26. The van der Waals surface area contributed by atoms with Crippen LogP contribution >= 0.6 is 11.3 Å². The Morgan fingerprint density at radius 2 is 2.33 bits per heavy atom. The molecule has 1 amide bonds. The molecule has 6 heteroatoms. The number of piperidine rings is 1. The fourth-order valence-corrected chi connectivity index (χ4v) is 4.63. The molecule has 5 nitrogen and oxygen atoms in total. The van der Waals surface area contributed by atoms with E-state index >= 15 is 0 Å². The largest absolute Gasteiger partial charge is 0.335 e. The van der Waals surface area contributed by atoms with Gasteiger partial charge >= 0.3 is 0 Å². The maximum absolute atomic E-state index is 12.9. The van der Waals surface area contributed by atoms with Crippen LogP contribution in [0.4, 0.5) is 0 Å². The normalized spacial score (nSPS) is 21.8. The molecule has 0 aromatic carbocycles. The Morgan fingerprint density at radius 3 is 3.04 bits per heavy atom. The maximum atomic E-state index is 12.9. The molecule has 2 aliphatic rings. The third-order valence-corrected chi connectivity index (χ3v) is 6.22. The first-order valence-corrected chi connectivity index (χ1v) is 9.70. The van der Waals surface area contributed by atoms with Crippen molar-refractivity contribution in [3.05, 3.63) is 40.8 Å². The predicted octanol–water partition coefficient (Wildman–Crippen LogP) is 2.51. The summed E-state index contributed by atoms with van der Waals surface area (Å²) in [7, 11) is 0. The van der Waals surface area contributed by atoms with Gasteiger partial charge in [-0.15, -0.1) is 0 Å². The number of hydrogen-bond acceptors (Lipinski definition) is 4. The summed E-state index contributed by atoms with van der Waals surface area (Å²) in [6.07, 6.45) is 7.78. The SMILES string of the molecule is O=C(CCn1cccn1)N(Cc1ccsc1)C1CC12CCNCC2. The zero-order valence-corrected chi connectivity index (χ0v) is 14.7. The van der Waals surface area contributed by atoms with Crippen molar-refractivity contribution < 1.29 is 4.79 Å². The van der Waals surface area contributed by atoms with Gasteiger partial charge < -0.3 is 10.2 Å². The molecule has 1 aliphatic carbocycles. The molecule has 1 atom stereocenters. The monoisotopic (exact) mass is 344 g/mol. The quantitative estimate of drug-likeness (QED) is 0.876. The minimum Gasteiger partial charge on any atom is -0.335 e. The zero-order valence-electron chi connectivity index (χ0n) is 13.9. The van der Waals surface area contributed by atoms with Crippen molar-refractivity contribution in [3.63, 3.8) is 0 Å². The van der Waals surface area contributed by atoms with Crippen molar-refractivity contribution in [1.82, 2.24) is 20.0 Å². The average Bonchev–Trinajstić information content (AvgIpc) is 3.06. The van der Waals surface area contributed by atoms with E-state index in [9.17, 15) is 4.79 Å². The Labute approximate surface area is 146 Å². The molecular formula is C18H24N4OS. The first kappa shape index (κ1) is 15.8. The Kier molecular flexibility index (Phi) is 4.41. The number of aryl methyl sites for hydroxylation is 1. The molecule has 2 aromatic rings. The van der Waals surface area contributed by atoms with Crippen molar-refractivity contribution in [1.29, 1.82) is 0 Å². The lowest BCUT2D eigenvalue weighted by atomic mass is 9.93. The number of carbonyl (C=O) groups excluding carboxylic acids is 1. The Bertz CT molecular complexity index is 661. The van der Waals surface area contributed by atoms with E-state index in [2.05, 4.69) is 32.1 Å². The van der Waals surface area contributed by atoms with Crippen LogP contribution < -0.4 is 5.32 Å². The second-order valence-corrected chi connectivity index (χ2v) is 7.78. The van der Waals surface area contributed by atoms with Crippen molar-refractivity contribution in [2.24, 2.45) is 5.41 Å². The van der Waals surface area contributed by atoms with Crippen molar-refractivity contribution in [3.8, 4) is 0 Å². The molecule has 2 aromatic heterocycles. The topological polar surface area (TPSA) is 50.2 Å². The summed E-state index contributed by atoms with van der Waals surface area (Å²) >= 11 is 1.70. The van der Waals surface area contributed by atoms with Crippen LogP contribution in [0.1, 0.15) is 31.2 Å². The van der Waals surface area contributed by atoms with Gasteiger partial charge in [-0.2, -0.15) is 16.4 Å². The number of nitrogens with zero attached hydrogens (tertiary/aromatic N) is 3. The molecule has 2 fully saturated rings. The van der Waals surface area contributed by atoms with Gasteiger partial charge in [-0.1, -0.05) is 0 Å². The van der Waals surface area contributed by atoms with E-state index in [-0.39, 0.29) is 5.91 Å². The molecule has 1 saturated carbocycles. The summed E-state index contributed by atoms with van der Waals surface area (Å²) < 4.78 is 1.84. The minimum atomic E-state index is 0.261. The lowest BCUT2D eigenvalue weighted by Gasteiger charge is -2.29. The smallest absolute Gasteiger partial charge is 0.225 e. The Hall–Kier alpha value is -1.66. The van der Waals surface area contributed by atoms with E-state index < -0.39 is 0 Å². The van der Waals surface area contributed by atoms with Crippen LogP contribution in [0.25, 0.3) is 0 Å². The summed E-state index contributed by atoms with van der Waals surface area (Å²) in [5.74, 6) is 0.261. The lowest BCUT2D eigenvalue weighted by molar-refractivity contribution is -0.133. The number of thiophene rings is 1. The molecule has 1 aliphatic heterocycles. The van der Waals surface area contributed by atoms with E-state index in [1.807, 2.05) is 16.9 Å². The molecule has 3 heterocycles. The van der Waals surface area contributed by atoms with Crippen LogP contribution in [-0.4, -0.2) is 39.7 Å². The van der Waals surface area contributed by atoms with Crippen LogP contribution in [0.15, 0.2) is 35.3 Å². The molecule has 4 rings (SSSR count). The number of amides is 1. The summed E-state index contributed by atoms with van der Waals surface area (Å²) in [4.78, 5) is 15.1. The van der Waals surface area contributed by atoms with E-state index in [0.717, 1.165) is 19.6 Å². The zero-order chi connectivity index (χ0) is 16.4. The van der Waals surface area contributed by atoms with Crippen molar-refractivity contribution in [2.75, 3.05) is 13.1 Å². The second-order valence-electron chi connectivity index (χ2n) is 7.00. The van der Waals surface area contributed by atoms with Gasteiger partial charge in [0.15, 0.2) is 0 Å². The fraction of sp³-hybridized carbons (Fsp3) is 0.556. The van der Waals surface area contributed by atoms with E-state index in [1.54, 1.807) is 17.5 Å². The van der Waals surface area contributed by atoms with Gasteiger partial charge in [0.2, 0.25) is 5.91 Å². The second kappa shape index (κ2) is 6.69. The third-order valence-electron chi connectivity index (χ3n) is 5.49. The Morgan fingerprint density at radius 1 is 1.46 bits per heavy atom. The van der Waals surface area contributed by atoms with Crippen LogP contribution in [0.5, 0.6) is 0 Å². The molecule has 24 heavy (non-hydrogen) atoms. The van der Waals surface area contributed by atoms with Gasteiger partial charge in [0.05, 0.1) is 0 Å². The highest BCUT2D eigenvalue weighted by atomic mass is 32.1. The average molecular weight is 344 g/mol. The standard InChI is InChI=1S/C18H24N4OS/c23-17(2-10-21-9-1-6-20-21)22(13-15-3-11-24-14-15)16-12-18(16)4-7-19-8-5-18/h1,3,6,9,11,14,16,19H,2,4-5,7-8,10,12-13H2. The molecular weight excluding hydrogens is 320 g/mol. The van der Waals surface area contributed by atoms with Crippen molar-refractivity contribution in [2.45, 2.75) is 44.8 Å². The number of nitrogens with one attached hydrogen (secondary N) is 1. The highest BCUT2D eigenvalue weighted by Gasteiger charge is 2.57. The first-order valence-electron chi connectivity index (χ1n) is 8.76. The van der Waals surface area contributed by atoms with E-state index in [0.29, 0.717) is 24.4 Å². The van der Waals surface area contributed by atoms with Crippen LogP contribution in [-0.2, 0) is 17.9 Å². The van der Waals surface area contributed by atoms with Gasteiger partial charge in [0, 0.05) is 37.9 Å². The van der Waals surface area contributed by atoms with Gasteiger partial charge in [-0.25, -0.2) is 0 Å². The first-order chi connectivity index (χ1) is 11.8. The molecule has 0 radical (unpaired) electrons. The number of aromatic nitrogens is 2. The number of rotatable bonds is 6. The van der Waals surface area contributed by atoms with E-state index in [4.69, 9.17) is 0 Å². The van der Waals surface area contributed by atoms with Gasteiger partial charge in [-0.3, -0.25) is 9.48 Å². The number of hydrogen-bond donors (Lipinski definition) is 1. The number of carbonyl (C=O) groups is 1. The molecule has 1 unspecified atom stereocenters. The highest BCUT2D eigenvalue weighted by Crippen LogP contribution is 2.56. The fourth-order valence-electron chi connectivity index (χ4n) is 3.97. The Balaban J connectivity index is 1.44. The summed E-state index contributed by atoms with van der Waals surface area (Å²) in [6, 6.07) is 4.46. The maximum Gasteiger partial charge on any atom is 0.225 e.